The molecule has 2 heteroatoms. The molecule has 0 saturated heterocycles. The lowest BCUT2D eigenvalue weighted by molar-refractivity contribution is 0.284. The number of hydrogen-bond donors (Lipinski definition) is 2. The van der Waals surface area contributed by atoms with Gasteiger partial charge >= 0.3 is 0 Å². The summed E-state index contributed by atoms with van der Waals surface area (Å²) in [6, 6.07) is 0.738. The van der Waals surface area contributed by atoms with E-state index in [1.54, 1.807) is 0 Å². The van der Waals surface area contributed by atoms with Crippen molar-refractivity contribution < 1.29 is 0 Å². The predicted molar refractivity (Wildman–Crippen MR) is 43.6 cm³/mol. The van der Waals surface area contributed by atoms with Gasteiger partial charge in [0.1, 0.15) is 0 Å². The van der Waals surface area contributed by atoms with Crippen LogP contribution in [0.5, 0.6) is 0 Å². The Bertz CT molecular complexity index is 93.4. The molecule has 0 aromatic carbocycles. The van der Waals surface area contributed by atoms with Crippen LogP contribution in [0, 0.1) is 5.92 Å². The third-order valence-electron chi connectivity index (χ3n) is 2.46. The maximum atomic E-state index is 5.81. The Hall–Kier alpha value is -0.0800. The van der Waals surface area contributed by atoms with Crippen LogP contribution >= 0.6 is 0 Å². The summed E-state index contributed by atoms with van der Waals surface area (Å²) in [7, 11) is 0. The highest BCUT2D eigenvalue weighted by atomic mass is 14.7. The van der Waals surface area contributed by atoms with Crippen LogP contribution in [0.3, 0.4) is 0 Å². The SMILES string of the molecule is CCC1CC(N)CC(N)C1. The van der Waals surface area contributed by atoms with Crippen molar-refractivity contribution in [1.29, 1.82) is 0 Å². The van der Waals surface area contributed by atoms with E-state index in [2.05, 4.69) is 6.92 Å². The van der Waals surface area contributed by atoms with Crippen LogP contribution in [0.2, 0.25) is 0 Å². The molecule has 2 atom stereocenters. The molecule has 0 aliphatic heterocycles. The first kappa shape index (κ1) is 8.02. The van der Waals surface area contributed by atoms with Gasteiger partial charge < -0.3 is 11.5 Å². The molecule has 2 unspecified atom stereocenters. The lowest BCUT2D eigenvalue weighted by atomic mass is 9.82. The van der Waals surface area contributed by atoms with Crippen molar-refractivity contribution in [3.8, 4) is 0 Å². The van der Waals surface area contributed by atoms with Crippen LogP contribution in [0.4, 0.5) is 0 Å². The maximum Gasteiger partial charge on any atom is 0.00562 e. The highest BCUT2D eigenvalue weighted by molar-refractivity contribution is 4.81. The van der Waals surface area contributed by atoms with Gasteiger partial charge in [-0.3, -0.25) is 0 Å². The number of hydrogen-bond acceptors (Lipinski definition) is 2. The zero-order valence-corrected chi connectivity index (χ0v) is 6.72. The fourth-order valence-electron chi connectivity index (χ4n) is 1.87. The summed E-state index contributed by atoms with van der Waals surface area (Å²) in [5, 5.41) is 0. The van der Waals surface area contributed by atoms with Crippen LogP contribution in [0.25, 0.3) is 0 Å². The first-order valence-corrected chi connectivity index (χ1v) is 4.23. The normalized spacial score (nSPS) is 41.7. The van der Waals surface area contributed by atoms with Gasteiger partial charge in [0, 0.05) is 12.1 Å². The summed E-state index contributed by atoms with van der Waals surface area (Å²) >= 11 is 0. The summed E-state index contributed by atoms with van der Waals surface area (Å²) in [6.07, 6.45) is 4.63. The minimum atomic E-state index is 0.369. The van der Waals surface area contributed by atoms with Crippen molar-refractivity contribution in [3.63, 3.8) is 0 Å². The zero-order valence-electron chi connectivity index (χ0n) is 6.72. The average molecular weight is 142 g/mol. The standard InChI is InChI=1S/C8H18N2/c1-2-6-3-7(9)5-8(10)4-6/h6-8H,2-5,9-10H2,1H3. The molecule has 0 heterocycles. The summed E-state index contributed by atoms with van der Waals surface area (Å²) < 4.78 is 0. The smallest absolute Gasteiger partial charge is 0.00562 e. The highest BCUT2D eigenvalue weighted by Crippen LogP contribution is 2.24. The Balaban J connectivity index is 2.35. The van der Waals surface area contributed by atoms with Gasteiger partial charge in [0.25, 0.3) is 0 Å². The molecule has 1 aliphatic carbocycles. The van der Waals surface area contributed by atoms with Gasteiger partial charge in [0.15, 0.2) is 0 Å². The third-order valence-corrected chi connectivity index (χ3v) is 2.46. The Morgan fingerprint density at radius 1 is 1.10 bits per heavy atom. The summed E-state index contributed by atoms with van der Waals surface area (Å²) in [4.78, 5) is 0. The van der Waals surface area contributed by atoms with Gasteiger partial charge in [-0.15, -0.1) is 0 Å². The molecular weight excluding hydrogens is 124 g/mol. The number of nitrogens with two attached hydrogens (primary N) is 2. The fourth-order valence-corrected chi connectivity index (χ4v) is 1.87. The zero-order chi connectivity index (χ0) is 7.56. The first-order chi connectivity index (χ1) is 4.72. The van der Waals surface area contributed by atoms with Gasteiger partial charge in [0.05, 0.1) is 0 Å². The Morgan fingerprint density at radius 3 is 2.00 bits per heavy atom. The second-order valence-electron chi connectivity index (χ2n) is 3.50. The molecular formula is C8H18N2. The molecule has 2 nitrogen and oxygen atoms in total. The lowest BCUT2D eigenvalue weighted by Crippen LogP contribution is -2.39. The molecule has 0 aromatic heterocycles. The van der Waals surface area contributed by atoms with E-state index in [4.69, 9.17) is 11.5 Å². The van der Waals surface area contributed by atoms with E-state index in [-0.39, 0.29) is 0 Å². The van der Waals surface area contributed by atoms with Crippen molar-refractivity contribution in [2.24, 2.45) is 17.4 Å². The van der Waals surface area contributed by atoms with Gasteiger partial charge in [0.2, 0.25) is 0 Å². The van der Waals surface area contributed by atoms with Crippen LogP contribution in [-0.2, 0) is 0 Å². The molecule has 0 radical (unpaired) electrons. The van der Waals surface area contributed by atoms with Gasteiger partial charge in [-0.25, -0.2) is 0 Å². The third kappa shape index (κ3) is 1.96. The van der Waals surface area contributed by atoms with E-state index in [0.717, 1.165) is 12.3 Å². The van der Waals surface area contributed by atoms with E-state index in [1.165, 1.54) is 19.3 Å². The van der Waals surface area contributed by atoms with E-state index >= 15 is 0 Å². The summed E-state index contributed by atoms with van der Waals surface area (Å²) in [5.74, 6) is 0.791. The van der Waals surface area contributed by atoms with Crippen molar-refractivity contribution in [3.05, 3.63) is 0 Å². The second-order valence-corrected chi connectivity index (χ2v) is 3.50. The van der Waals surface area contributed by atoms with Gasteiger partial charge in [-0.2, -0.15) is 0 Å². The van der Waals surface area contributed by atoms with Crippen LogP contribution in [0.15, 0.2) is 0 Å². The minimum absolute atomic E-state index is 0.369. The van der Waals surface area contributed by atoms with Crippen molar-refractivity contribution >= 4 is 0 Å². The Morgan fingerprint density at radius 2 is 1.60 bits per heavy atom. The van der Waals surface area contributed by atoms with Crippen LogP contribution in [-0.4, -0.2) is 12.1 Å². The van der Waals surface area contributed by atoms with E-state index in [1.807, 2.05) is 0 Å². The fraction of sp³-hybridized carbons (Fsp3) is 1.00. The topological polar surface area (TPSA) is 52.0 Å². The molecule has 0 amide bonds. The van der Waals surface area contributed by atoms with E-state index < -0.39 is 0 Å². The van der Waals surface area contributed by atoms with Crippen molar-refractivity contribution in [2.45, 2.75) is 44.7 Å². The summed E-state index contributed by atoms with van der Waals surface area (Å²) in [6.45, 7) is 2.22. The lowest BCUT2D eigenvalue weighted by Gasteiger charge is -2.30. The van der Waals surface area contributed by atoms with Crippen LogP contribution < -0.4 is 11.5 Å². The molecule has 1 saturated carbocycles. The molecule has 60 valence electrons. The molecule has 0 aromatic rings. The van der Waals surface area contributed by atoms with Crippen LogP contribution in [0.1, 0.15) is 32.6 Å². The first-order valence-electron chi connectivity index (χ1n) is 4.23. The monoisotopic (exact) mass is 142 g/mol. The molecule has 1 rings (SSSR count). The second kappa shape index (κ2) is 3.35. The average Bonchev–Trinajstić information content (AvgIpc) is 1.85. The van der Waals surface area contributed by atoms with Gasteiger partial charge in [-0.1, -0.05) is 13.3 Å². The Labute approximate surface area is 63.0 Å². The van der Waals surface area contributed by atoms with E-state index in [9.17, 15) is 0 Å². The molecule has 0 bridgehead atoms. The molecule has 4 N–H and O–H groups in total. The summed E-state index contributed by atoms with van der Waals surface area (Å²) in [5.41, 5.74) is 11.6. The quantitative estimate of drug-likeness (QED) is 0.570. The van der Waals surface area contributed by atoms with Crippen molar-refractivity contribution in [1.82, 2.24) is 0 Å². The molecule has 1 fully saturated rings. The molecule has 1 aliphatic rings. The van der Waals surface area contributed by atoms with E-state index in [0.29, 0.717) is 12.1 Å². The molecule has 0 spiro atoms. The highest BCUT2D eigenvalue weighted by Gasteiger charge is 2.22. The molecule has 10 heavy (non-hydrogen) atoms. The van der Waals surface area contributed by atoms with Gasteiger partial charge in [-0.05, 0) is 25.2 Å². The number of rotatable bonds is 1. The largest absolute Gasteiger partial charge is 0.328 e. The maximum absolute atomic E-state index is 5.81. The predicted octanol–water partition coefficient (Wildman–Crippen LogP) is 0.851. The Kier molecular flexibility index (Phi) is 2.69. The minimum Gasteiger partial charge on any atom is -0.328 e. The van der Waals surface area contributed by atoms with Crippen molar-refractivity contribution in [2.75, 3.05) is 0 Å².